The zero-order chi connectivity index (χ0) is 21.3. The van der Waals surface area contributed by atoms with Crippen LogP contribution in [0.3, 0.4) is 0 Å². The molecule has 0 N–H and O–H groups in total. The number of hydrogen-bond acceptors (Lipinski definition) is 5. The highest BCUT2D eigenvalue weighted by Gasteiger charge is 2.34. The number of hydrogen-bond donors (Lipinski definition) is 0. The molecular formula is C23H31N3O3S. The van der Waals surface area contributed by atoms with E-state index in [0.717, 1.165) is 36.5 Å². The van der Waals surface area contributed by atoms with Crippen LogP contribution in [-0.4, -0.2) is 58.6 Å². The molecule has 3 heterocycles. The molecule has 0 aliphatic carbocycles. The number of amides is 2. The van der Waals surface area contributed by atoms with Crippen LogP contribution >= 0.6 is 11.3 Å². The highest BCUT2D eigenvalue weighted by Crippen LogP contribution is 2.34. The Labute approximate surface area is 182 Å². The molecule has 2 fully saturated rings. The van der Waals surface area contributed by atoms with Crippen molar-refractivity contribution in [3.63, 3.8) is 0 Å². The minimum absolute atomic E-state index is 0.00203. The van der Waals surface area contributed by atoms with Crippen molar-refractivity contribution in [1.29, 1.82) is 0 Å². The lowest BCUT2D eigenvalue weighted by molar-refractivity contribution is -0.138. The van der Waals surface area contributed by atoms with Crippen molar-refractivity contribution < 1.29 is 14.3 Å². The Hall–Kier alpha value is -2.15. The third-order valence-electron chi connectivity index (χ3n) is 5.89. The van der Waals surface area contributed by atoms with Gasteiger partial charge in [-0.25, -0.2) is 9.78 Å². The van der Waals surface area contributed by atoms with Gasteiger partial charge in [-0.05, 0) is 58.6 Å². The van der Waals surface area contributed by atoms with Gasteiger partial charge in [-0.3, -0.25) is 4.79 Å². The molecule has 7 heteroatoms. The molecular weight excluding hydrogens is 398 g/mol. The lowest BCUT2D eigenvalue weighted by Gasteiger charge is -2.37. The van der Waals surface area contributed by atoms with Gasteiger partial charge in [0.15, 0.2) is 0 Å². The average molecular weight is 430 g/mol. The summed E-state index contributed by atoms with van der Waals surface area (Å²) in [4.78, 5) is 34.0. The maximum atomic E-state index is 13.2. The van der Waals surface area contributed by atoms with E-state index in [1.807, 2.05) is 37.8 Å². The number of thiazole rings is 1. The predicted molar refractivity (Wildman–Crippen MR) is 119 cm³/mol. The van der Waals surface area contributed by atoms with Gasteiger partial charge in [0.05, 0.1) is 15.2 Å². The van der Waals surface area contributed by atoms with E-state index in [1.54, 1.807) is 16.2 Å². The first-order valence-electron chi connectivity index (χ1n) is 10.9. The fraction of sp³-hybridized carbons (Fsp3) is 0.609. The van der Waals surface area contributed by atoms with Gasteiger partial charge in [0, 0.05) is 38.0 Å². The number of fused-ring (bicyclic) bond motifs is 1. The molecule has 0 spiro atoms. The van der Waals surface area contributed by atoms with Crippen LogP contribution in [0.25, 0.3) is 10.2 Å². The third-order valence-corrected chi connectivity index (χ3v) is 7.09. The Morgan fingerprint density at radius 1 is 1.07 bits per heavy atom. The normalized spacial score (nSPS) is 21.1. The first-order valence-corrected chi connectivity index (χ1v) is 11.7. The zero-order valence-corrected chi connectivity index (χ0v) is 18.9. The molecule has 162 valence electrons. The van der Waals surface area contributed by atoms with E-state index in [1.165, 1.54) is 4.70 Å². The quantitative estimate of drug-likeness (QED) is 0.697. The number of carbonyl (C=O) groups is 2. The number of carbonyl (C=O) groups excluding carboxylic acids is 2. The third kappa shape index (κ3) is 4.77. The largest absolute Gasteiger partial charge is 0.444 e. The van der Waals surface area contributed by atoms with Crippen molar-refractivity contribution in [3.05, 3.63) is 29.3 Å². The number of piperidine rings is 2. The Kier molecular flexibility index (Phi) is 6.00. The minimum atomic E-state index is -0.493. The van der Waals surface area contributed by atoms with Crippen LogP contribution in [0.5, 0.6) is 0 Å². The lowest BCUT2D eigenvalue weighted by Crippen LogP contribution is -2.47. The number of likely N-dealkylation sites (tertiary alicyclic amines) is 2. The van der Waals surface area contributed by atoms with E-state index < -0.39 is 5.60 Å². The Bertz CT molecular complexity index is 879. The number of aromatic nitrogens is 1. The summed E-state index contributed by atoms with van der Waals surface area (Å²) in [5.74, 6) is 0.560. The molecule has 0 saturated carbocycles. The molecule has 2 saturated heterocycles. The topological polar surface area (TPSA) is 62.7 Å². The average Bonchev–Trinajstić information content (AvgIpc) is 3.16. The molecule has 2 aromatic rings. The highest BCUT2D eigenvalue weighted by atomic mass is 32.1. The van der Waals surface area contributed by atoms with Gasteiger partial charge in [0.2, 0.25) is 5.91 Å². The summed E-state index contributed by atoms with van der Waals surface area (Å²) >= 11 is 1.75. The first kappa shape index (κ1) is 21.1. The molecule has 4 rings (SSSR count). The zero-order valence-electron chi connectivity index (χ0n) is 18.1. The fourth-order valence-electron chi connectivity index (χ4n) is 4.34. The van der Waals surface area contributed by atoms with Crippen molar-refractivity contribution >= 4 is 33.6 Å². The van der Waals surface area contributed by atoms with E-state index in [4.69, 9.17) is 9.72 Å². The number of para-hydroxylation sites is 1. The molecule has 0 bridgehead atoms. The number of nitrogens with zero attached hydrogens (tertiary/aromatic N) is 3. The van der Waals surface area contributed by atoms with E-state index in [9.17, 15) is 9.59 Å². The van der Waals surface area contributed by atoms with Gasteiger partial charge in [-0.2, -0.15) is 0 Å². The van der Waals surface area contributed by atoms with Crippen molar-refractivity contribution in [1.82, 2.24) is 14.8 Å². The van der Waals surface area contributed by atoms with Crippen LogP contribution in [0, 0.1) is 5.92 Å². The standard InChI is InChI=1S/C23H31N3O3S/c1-23(2,3)29-22(28)25-13-10-16(11-14-25)21(27)26-12-6-7-17(15-26)20-24-18-8-4-5-9-19(18)30-20/h4-5,8-9,16-17H,6-7,10-15H2,1-3H3. The predicted octanol–water partition coefficient (Wildman–Crippen LogP) is 4.65. The summed E-state index contributed by atoms with van der Waals surface area (Å²) in [6.45, 7) is 8.37. The Balaban J connectivity index is 1.34. The van der Waals surface area contributed by atoms with E-state index in [-0.39, 0.29) is 17.9 Å². The van der Waals surface area contributed by atoms with Gasteiger partial charge < -0.3 is 14.5 Å². The van der Waals surface area contributed by atoms with Gasteiger partial charge in [0.1, 0.15) is 5.60 Å². The van der Waals surface area contributed by atoms with Gasteiger partial charge in [-0.15, -0.1) is 11.3 Å². The Morgan fingerprint density at radius 3 is 2.50 bits per heavy atom. The van der Waals surface area contributed by atoms with Crippen LogP contribution in [0.2, 0.25) is 0 Å². The van der Waals surface area contributed by atoms with Crippen LogP contribution in [0.1, 0.15) is 57.4 Å². The second-order valence-corrected chi connectivity index (χ2v) is 10.4. The maximum Gasteiger partial charge on any atom is 0.410 e. The van der Waals surface area contributed by atoms with Crippen LogP contribution in [0.4, 0.5) is 4.79 Å². The van der Waals surface area contributed by atoms with Crippen molar-refractivity contribution in [2.75, 3.05) is 26.2 Å². The number of ether oxygens (including phenoxy) is 1. The van der Waals surface area contributed by atoms with Crippen molar-refractivity contribution in [2.45, 2.75) is 58.0 Å². The van der Waals surface area contributed by atoms with Crippen molar-refractivity contribution in [3.8, 4) is 0 Å². The monoisotopic (exact) mass is 429 g/mol. The molecule has 2 amide bonds. The number of rotatable bonds is 2. The summed E-state index contributed by atoms with van der Waals surface area (Å²) in [6.07, 6.45) is 3.24. The smallest absolute Gasteiger partial charge is 0.410 e. The molecule has 2 aliphatic rings. The summed E-state index contributed by atoms with van der Waals surface area (Å²) in [7, 11) is 0. The summed E-state index contributed by atoms with van der Waals surface area (Å²) < 4.78 is 6.68. The molecule has 1 unspecified atom stereocenters. The summed E-state index contributed by atoms with van der Waals surface area (Å²) in [6, 6.07) is 8.23. The van der Waals surface area contributed by atoms with Crippen LogP contribution < -0.4 is 0 Å². The SMILES string of the molecule is CC(C)(C)OC(=O)N1CCC(C(=O)N2CCCC(c3nc4ccccc4s3)C2)CC1. The van der Waals surface area contributed by atoms with Gasteiger partial charge in [0.25, 0.3) is 0 Å². The molecule has 1 aromatic carbocycles. The molecule has 2 aliphatic heterocycles. The molecule has 1 atom stereocenters. The van der Waals surface area contributed by atoms with Gasteiger partial charge >= 0.3 is 6.09 Å². The lowest BCUT2D eigenvalue weighted by atomic mass is 9.92. The molecule has 30 heavy (non-hydrogen) atoms. The fourth-order valence-corrected chi connectivity index (χ4v) is 5.43. The second kappa shape index (κ2) is 8.53. The summed E-state index contributed by atoms with van der Waals surface area (Å²) in [5, 5.41) is 1.15. The first-order chi connectivity index (χ1) is 14.3. The van der Waals surface area contributed by atoms with E-state index >= 15 is 0 Å². The van der Waals surface area contributed by atoms with Gasteiger partial charge in [-0.1, -0.05) is 12.1 Å². The Morgan fingerprint density at radius 2 is 1.80 bits per heavy atom. The molecule has 6 nitrogen and oxygen atoms in total. The number of benzene rings is 1. The molecule has 1 aromatic heterocycles. The van der Waals surface area contributed by atoms with E-state index in [2.05, 4.69) is 12.1 Å². The summed E-state index contributed by atoms with van der Waals surface area (Å²) in [5.41, 5.74) is 0.558. The van der Waals surface area contributed by atoms with E-state index in [0.29, 0.717) is 31.8 Å². The molecule has 0 radical (unpaired) electrons. The highest BCUT2D eigenvalue weighted by molar-refractivity contribution is 7.18. The van der Waals surface area contributed by atoms with Crippen molar-refractivity contribution in [2.24, 2.45) is 5.92 Å². The van der Waals surface area contributed by atoms with Crippen LogP contribution in [0.15, 0.2) is 24.3 Å². The minimum Gasteiger partial charge on any atom is -0.444 e. The van der Waals surface area contributed by atoms with Crippen LogP contribution in [-0.2, 0) is 9.53 Å². The second-order valence-electron chi connectivity index (χ2n) is 9.38. The maximum absolute atomic E-state index is 13.2.